The van der Waals surface area contributed by atoms with Gasteiger partial charge in [-0.05, 0) is 24.3 Å². The van der Waals surface area contributed by atoms with E-state index in [0.29, 0.717) is 28.3 Å². The Labute approximate surface area is 236 Å². The van der Waals surface area contributed by atoms with Gasteiger partial charge < -0.3 is 25.4 Å². The maximum Gasteiger partial charge on any atom is 0.258 e. The van der Waals surface area contributed by atoms with Crippen molar-refractivity contribution >= 4 is 59.2 Å². The van der Waals surface area contributed by atoms with Crippen LogP contribution < -0.4 is 25.4 Å². The highest BCUT2D eigenvalue weighted by molar-refractivity contribution is 7.80. The zero-order valence-electron chi connectivity index (χ0n) is 20.8. The van der Waals surface area contributed by atoms with Crippen LogP contribution in [0.15, 0.2) is 36.5 Å². The normalized spacial score (nSPS) is 13.8. The fraction of sp³-hybridized carbons (Fsp3) is 0.280. The van der Waals surface area contributed by atoms with Gasteiger partial charge in [-0.1, -0.05) is 23.2 Å². The topological polar surface area (TPSA) is 130 Å². The minimum atomic E-state index is -0.485. The van der Waals surface area contributed by atoms with E-state index in [-0.39, 0.29) is 27.3 Å². The molecule has 0 radical (unpaired) electrons. The molecule has 10 nitrogen and oxygen atoms in total. The van der Waals surface area contributed by atoms with E-state index in [9.17, 15) is 4.79 Å². The number of nitrogens with one attached hydrogen (secondary N) is 2. The van der Waals surface area contributed by atoms with Crippen molar-refractivity contribution in [2.45, 2.75) is 0 Å². The number of anilines is 2. The van der Waals surface area contributed by atoms with Crippen molar-refractivity contribution in [2.24, 2.45) is 0 Å². The van der Waals surface area contributed by atoms with Crippen LogP contribution >= 0.6 is 35.8 Å². The van der Waals surface area contributed by atoms with Gasteiger partial charge >= 0.3 is 0 Å². The third kappa shape index (κ3) is 5.75. The summed E-state index contributed by atoms with van der Waals surface area (Å²) >= 11 is 17.3. The number of nitrogens with two attached hydrogens (primary N) is 1. The van der Waals surface area contributed by atoms with Crippen LogP contribution in [0.25, 0.3) is 11.3 Å². The molecule has 1 aliphatic rings. The van der Waals surface area contributed by atoms with Crippen LogP contribution in [0, 0.1) is 5.41 Å². The highest BCUT2D eigenvalue weighted by Gasteiger charge is 2.22. The van der Waals surface area contributed by atoms with Gasteiger partial charge in [0.05, 0.1) is 41.1 Å². The monoisotopic (exact) mass is 575 g/mol. The van der Waals surface area contributed by atoms with Crippen molar-refractivity contribution in [1.29, 1.82) is 5.41 Å². The first-order valence-electron chi connectivity index (χ1n) is 11.6. The number of nitrogen functional groups attached to an aromatic ring is 1. The Hall–Kier alpha value is -3.25. The number of carbonyl (C=O) groups excluding carboxylic acids is 1. The highest BCUT2D eigenvalue weighted by Crippen LogP contribution is 2.45. The average molecular weight is 577 g/mol. The molecule has 0 bridgehead atoms. The lowest BCUT2D eigenvalue weighted by molar-refractivity contribution is 0.0976. The van der Waals surface area contributed by atoms with E-state index in [2.05, 4.69) is 37.7 Å². The number of thiol groups is 1. The average Bonchev–Trinajstić information content (AvgIpc) is 2.93. The predicted octanol–water partition coefficient (Wildman–Crippen LogP) is 3.81. The SMILES string of the molecule is COc1cc(OC)c(Cl)c(-c2ccc(C(=N)NC(=O)c3ccc(N4CCN(CS)CC4)nc3)c(N)n2)c1Cl. The number of carbonyl (C=O) groups is 1. The number of hydrogen-bond acceptors (Lipinski definition) is 10. The summed E-state index contributed by atoms with van der Waals surface area (Å²) in [6.45, 7) is 3.49. The van der Waals surface area contributed by atoms with Crippen molar-refractivity contribution in [1.82, 2.24) is 20.2 Å². The Kier molecular flexibility index (Phi) is 8.83. The molecule has 0 aliphatic carbocycles. The van der Waals surface area contributed by atoms with Gasteiger partial charge in [0.25, 0.3) is 5.91 Å². The summed E-state index contributed by atoms with van der Waals surface area (Å²) in [5.41, 5.74) is 7.44. The summed E-state index contributed by atoms with van der Waals surface area (Å²) in [5.74, 6) is 1.55. The number of piperazine rings is 1. The molecule has 4 N–H and O–H groups in total. The maximum absolute atomic E-state index is 12.8. The molecule has 1 aromatic carbocycles. The van der Waals surface area contributed by atoms with Crippen molar-refractivity contribution in [2.75, 3.05) is 56.9 Å². The second kappa shape index (κ2) is 12.1. The lowest BCUT2D eigenvalue weighted by Crippen LogP contribution is -2.46. The maximum atomic E-state index is 12.8. The minimum Gasteiger partial charge on any atom is -0.495 e. The fourth-order valence-electron chi connectivity index (χ4n) is 4.01. The molecule has 0 spiro atoms. The highest BCUT2D eigenvalue weighted by atomic mass is 35.5. The lowest BCUT2D eigenvalue weighted by atomic mass is 10.1. The Morgan fingerprint density at radius 2 is 1.76 bits per heavy atom. The standard InChI is InChI=1S/C25H27Cl2N7O3S/c1-36-17-11-18(37-2)22(27)20(21(17)26)16-5-4-15(23(28)31-16)24(29)32-25(35)14-3-6-19(30-12-14)34-9-7-33(13-38)8-10-34/h3-6,11-12,38H,7-10,13H2,1-2H3,(H2,28,31)(H2,29,32,35). The number of nitrogens with zero attached hydrogens (tertiary/aromatic N) is 4. The second-order valence-electron chi connectivity index (χ2n) is 8.39. The van der Waals surface area contributed by atoms with E-state index in [1.54, 1.807) is 30.3 Å². The Bertz CT molecular complexity index is 1320. The molecule has 38 heavy (non-hydrogen) atoms. The quantitative estimate of drug-likeness (QED) is 0.190. The molecule has 0 saturated carbocycles. The number of aromatic nitrogens is 2. The first-order chi connectivity index (χ1) is 18.3. The minimum absolute atomic E-state index is 0.00977. The molecule has 1 aliphatic heterocycles. The number of ether oxygens (including phenoxy) is 2. The summed E-state index contributed by atoms with van der Waals surface area (Å²) in [4.78, 5) is 26.0. The van der Waals surface area contributed by atoms with Gasteiger partial charge in [-0.15, -0.1) is 0 Å². The van der Waals surface area contributed by atoms with Crippen LogP contribution in [-0.2, 0) is 0 Å². The molecule has 0 unspecified atom stereocenters. The van der Waals surface area contributed by atoms with Crippen molar-refractivity contribution in [3.63, 3.8) is 0 Å². The van der Waals surface area contributed by atoms with Crippen LogP contribution in [0.3, 0.4) is 0 Å². The molecule has 3 heterocycles. The second-order valence-corrected chi connectivity index (χ2v) is 9.43. The zero-order chi connectivity index (χ0) is 27.4. The zero-order valence-corrected chi connectivity index (χ0v) is 23.2. The first kappa shape index (κ1) is 27.8. The van der Waals surface area contributed by atoms with E-state index in [1.807, 2.05) is 0 Å². The summed E-state index contributed by atoms with van der Waals surface area (Å²) in [6.07, 6.45) is 1.49. The van der Waals surface area contributed by atoms with E-state index >= 15 is 0 Å². The van der Waals surface area contributed by atoms with Crippen LogP contribution in [0.2, 0.25) is 10.0 Å². The predicted molar refractivity (Wildman–Crippen MR) is 153 cm³/mol. The molecule has 1 fully saturated rings. The third-order valence-electron chi connectivity index (χ3n) is 6.17. The molecule has 4 rings (SSSR count). The van der Waals surface area contributed by atoms with Crippen molar-refractivity contribution < 1.29 is 14.3 Å². The summed E-state index contributed by atoms with van der Waals surface area (Å²) in [5, 5.41) is 11.4. The first-order valence-corrected chi connectivity index (χ1v) is 13.0. The summed E-state index contributed by atoms with van der Waals surface area (Å²) in [7, 11) is 2.95. The van der Waals surface area contributed by atoms with Crippen LogP contribution in [0.1, 0.15) is 15.9 Å². The molecular weight excluding hydrogens is 549 g/mol. The number of halogens is 2. The Morgan fingerprint density at radius 1 is 1.11 bits per heavy atom. The molecular formula is C25H27Cl2N7O3S. The van der Waals surface area contributed by atoms with Crippen molar-refractivity contribution in [3.8, 4) is 22.8 Å². The van der Waals surface area contributed by atoms with Gasteiger partial charge in [0.2, 0.25) is 0 Å². The molecule has 2 aromatic heterocycles. The Morgan fingerprint density at radius 3 is 2.29 bits per heavy atom. The van der Waals surface area contributed by atoms with Gasteiger partial charge in [-0.2, -0.15) is 12.6 Å². The van der Waals surface area contributed by atoms with Gasteiger partial charge in [0, 0.05) is 49.9 Å². The summed E-state index contributed by atoms with van der Waals surface area (Å²) < 4.78 is 10.6. The Balaban J connectivity index is 1.48. The van der Waals surface area contributed by atoms with Gasteiger partial charge in [0.1, 0.15) is 29.0 Å². The molecule has 0 atom stereocenters. The number of pyridine rings is 2. The largest absolute Gasteiger partial charge is 0.495 e. The molecule has 1 amide bonds. The number of amidine groups is 1. The van der Waals surface area contributed by atoms with Gasteiger partial charge in [0.15, 0.2) is 0 Å². The van der Waals surface area contributed by atoms with Gasteiger partial charge in [-0.25, -0.2) is 9.97 Å². The van der Waals surface area contributed by atoms with E-state index < -0.39 is 5.91 Å². The number of methoxy groups -OCH3 is 2. The molecule has 200 valence electrons. The molecule has 1 saturated heterocycles. The molecule has 13 heteroatoms. The summed E-state index contributed by atoms with van der Waals surface area (Å²) in [6, 6.07) is 8.21. The number of benzene rings is 1. The van der Waals surface area contributed by atoms with Crippen LogP contribution in [0.5, 0.6) is 11.5 Å². The van der Waals surface area contributed by atoms with Crippen molar-refractivity contribution in [3.05, 3.63) is 57.7 Å². The van der Waals surface area contributed by atoms with Crippen LogP contribution in [-0.4, -0.2) is 72.9 Å². The number of hydrogen-bond donors (Lipinski definition) is 4. The van der Waals surface area contributed by atoms with Gasteiger partial charge in [-0.3, -0.25) is 15.1 Å². The number of amides is 1. The lowest BCUT2D eigenvalue weighted by Gasteiger charge is -2.34. The van der Waals surface area contributed by atoms with Crippen LogP contribution in [0.4, 0.5) is 11.6 Å². The smallest absolute Gasteiger partial charge is 0.258 e. The third-order valence-corrected chi connectivity index (χ3v) is 7.32. The fourth-order valence-corrected chi connectivity index (χ4v) is 4.99. The van der Waals surface area contributed by atoms with E-state index in [1.165, 1.54) is 20.4 Å². The van der Waals surface area contributed by atoms with E-state index in [0.717, 1.165) is 37.9 Å². The van der Waals surface area contributed by atoms with E-state index in [4.69, 9.17) is 43.8 Å². The number of rotatable bonds is 7. The molecule has 3 aromatic rings.